The van der Waals surface area contributed by atoms with Gasteiger partial charge < -0.3 is 19.3 Å². The van der Waals surface area contributed by atoms with Crippen LogP contribution in [-0.4, -0.2) is 54.1 Å². The van der Waals surface area contributed by atoms with E-state index in [0.29, 0.717) is 25.6 Å². The van der Waals surface area contributed by atoms with Gasteiger partial charge in [-0.05, 0) is 23.5 Å². The predicted molar refractivity (Wildman–Crippen MR) is 140 cm³/mol. The van der Waals surface area contributed by atoms with Crippen LogP contribution in [0.5, 0.6) is 0 Å². The van der Waals surface area contributed by atoms with E-state index in [-0.39, 0.29) is 6.61 Å². The van der Waals surface area contributed by atoms with E-state index in [4.69, 9.17) is 9.26 Å². The molecule has 0 spiro atoms. The molecule has 0 aliphatic carbocycles. The van der Waals surface area contributed by atoms with E-state index in [1.165, 1.54) is 11.1 Å². The molecule has 6 nitrogen and oxygen atoms in total. The van der Waals surface area contributed by atoms with Crippen molar-refractivity contribution in [3.8, 4) is 11.3 Å². The fourth-order valence-electron chi connectivity index (χ4n) is 4.77. The molecule has 1 aliphatic rings. The maximum atomic E-state index is 10.7. The smallest absolute Gasteiger partial charge is 0.232 e. The van der Waals surface area contributed by atoms with E-state index in [0.717, 1.165) is 48.8 Å². The number of aliphatic hydroxyl groups is 1. The average Bonchev–Trinajstić information content (AvgIpc) is 3.27. The average molecular weight is 476 g/mol. The molecule has 0 saturated heterocycles. The van der Waals surface area contributed by atoms with E-state index in [2.05, 4.69) is 71.8 Å². The van der Waals surface area contributed by atoms with E-state index in [1.807, 2.05) is 18.2 Å². The number of hydrogen-bond donors (Lipinski definition) is 1. The van der Waals surface area contributed by atoms with Gasteiger partial charge in [0, 0.05) is 38.3 Å². The molecule has 35 heavy (non-hydrogen) atoms. The first-order valence-electron chi connectivity index (χ1n) is 12.5. The summed E-state index contributed by atoms with van der Waals surface area (Å²) in [5.74, 6) is 1.27. The van der Waals surface area contributed by atoms with Gasteiger partial charge in [0.25, 0.3) is 0 Å². The molecule has 1 unspecified atom stereocenters. The predicted octanol–water partition coefficient (Wildman–Crippen LogP) is 4.93. The Morgan fingerprint density at radius 2 is 1.86 bits per heavy atom. The van der Waals surface area contributed by atoms with Crippen LogP contribution in [0.3, 0.4) is 0 Å². The standard InChI is InChI=1S/C29H37N3O3/c1-4-16-34-21-26(33)19-31(17-22(2)3)20-27-28(24-11-6-5-7-12-24)30-35-29(27)32-15-14-23-10-8-9-13-25(23)18-32/h4-13,22,26,33H,1,14-21H2,2-3H3. The van der Waals surface area contributed by atoms with Crippen molar-refractivity contribution in [2.45, 2.75) is 39.5 Å². The number of anilines is 1. The second-order valence-corrected chi connectivity index (χ2v) is 9.69. The fraction of sp³-hybridized carbons (Fsp3) is 0.414. The third-order valence-corrected chi connectivity index (χ3v) is 6.25. The molecule has 1 aliphatic heterocycles. The first-order chi connectivity index (χ1) is 17.0. The highest BCUT2D eigenvalue weighted by Gasteiger charge is 2.27. The van der Waals surface area contributed by atoms with Gasteiger partial charge in [0.15, 0.2) is 0 Å². The Morgan fingerprint density at radius 1 is 1.11 bits per heavy atom. The van der Waals surface area contributed by atoms with Gasteiger partial charge in [-0.25, -0.2) is 0 Å². The summed E-state index contributed by atoms with van der Waals surface area (Å²) in [7, 11) is 0. The van der Waals surface area contributed by atoms with Crippen LogP contribution in [-0.2, 0) is 24.2 Å². The zero-order valence-corrected chi connectivity index (χ0v) is 20.9. The largest absolute Gasteiger partial charge is 0.389 e. The first-order valence-corrected chi connectivity index (χ1v) is 12.5. The summed E-state index contributed by atoms with van der Waals surface area (Å²) in [6.07, 6.45) is 2.09. The molecule has 186 valence electrons. The van der Waals surface area contributed by atoms with Gasteiger partial charge in [-0.1, -0.05) is 79.7 Å². The molecule has 0 bridgehead atoms. The lowest BCUT2D eigenvalue weighted by atomic mass is 9.99. The van der Waals surface area contributed by atoms with Crippen LogP contribution in [0.4, 0.5) is 5.88 Å². The number of ether oxygens (including phenoxy) is 1. The Kier molecular flexibility index (Phi) is 8.74. The first kappa shape index (κ1) is 25.2. The van der Waals surface area contributed by atoms with Crippen LogP contribution in [0.25, 0.3) is 11.3 Å². The van der Waals surface area contributed by atoms with E-state index in [9.17, 15) is 5.11 Å². The summed E-state index contributed by atoms with van der Waals surface area (Å²) in [6, 6.07) is 18.8. The lowest BCUT2D eigenvalue weighted by molar-refractivity contribution is 0.0223. The molecule has 2 aromatic carbocycles. The van der Waals surface area contributed by atoms with Crippen molar-refractivity contribution < 1.29 is 14.4 Å². The molecule has 6 heteroatoms. The minimum absolute atomic E-state index is 0.283. The summed E-state index contributed by atoms with van der Waals surface area (Å²) < 4.78 is 11.5. The maximum absolute atomic E-state index is 10.7. The van der Waals surface area contributed by atoms with Crippen LogP contribution in [0.2, 0.25) is 0 Å². The molecule has 0 amide bonds. The summed E-state index contributed by atoms with van der Waals surface area (Å²) >= 11 is 0. The third kappa shape index (κ3) is 6.60. The molecule has 1 atom stereocenters. The number of aliphatic hydroxyl groups excluding tert-OH is 1. The van der Waals surface area contributed by atoms with Gasteiger partial charge in [-0.2, -0.15) is 0 Å². The molecule has 2 heterocycles. The Hall–Kier alpha value is -2.93. The minimum Gasteiger partial charge on any atom is -0.389 e. The molecule has 0 saturated carbocycles. The van der Waals surface area contributed by atoms with Crippen LogP contribution in [0.1, 0.15) is 30.5 Å². The third-order valence-electron chi connectivity index (χ3n) is 6.25. The van der Waals surface area contributed by atoms with Crippen molar-refractivity contribution in [2.75, 3.05) is 37.7 Å². The lowest BCUT2D eigenvalue weighted by Gasteiger charge is -2.31. The molecule has 0 fully saturated rings. The van der Waals surface area contributed by atoms with Gasteiger partial charge in [0.2, 0.25) is 5.88 Å². The van der Waals surface area contributed by atoms with Gasteiger partial charge in [-0.15, -0.1) is 6.58 Å². The number of fused-ring (bicyclic) bond motifs is 1. The van der Waals surface area contributed by atoms with Crippen LogP contribution in [0, 0.1) is 5.92 Å². The highest BCUT2D eigenvalue weighted by Crippen LogP contribution is 2.35. The van der Waals surface area contributed by atoms with Gasteiger partial charge in [-0.3, -0.25) is 4.90 Å². The quantitative estimate of drug-likeness (QED) is 0.296. The summed E-state index contributed by atoms with van der Waals surface area (Å²) in [6.45, 7) is 12.5. The molecule has 3 aromatic rings. The SMILES string of the molecule is C=CCOCC(O)CN(Cc1c(-c2ccccc2)noc1N1CCc2ccccc2C1)CC(C)C. The zero-order chi connectivity index (χ0) is 24.6. The van der Waals surface area contributed by atoms with Crippen molar-refractivity contribution in [3.63, 3.8) is 0 Å². The molecular formula is C29H37N3O3. The molecule has 0 radical (unpaired) electrons. The Morgan fingerprint density at radius 3 is 2.60 bits per heavy atom. The normalized spacial score (nSPS) is 14.4. The Bertz CT molecular complexity index is 1080. The summed E-state index contributed by atoms with van der Waals surface area (Å²) in [4.78, 5) is 4.58. The molecule has 1 aromatic heterocycles. The number of nitrogens with zero attached hydrogens (tertiary/aromatic N) is 3. The van der Waals surface area contributed by atoms with Crippen molar-refractivity contribution in [3.05, 3.63) is 83.9 Å². The minimum atomic E-state index is -0.584. The lowest BCUT2D eigenvalue weighted by Crippen LogP contribution is -2.37. The van der Waals surface area contributed by atoms with E-state index < -0.39 is 6.10 Å². The number of hydrogen-bond acceptors (Lipinski definition) is 6. The highest BCUT2D eigenvalue weighted by atomic mass is 16.5. The van der Waals surface area contributed by atoms with Crippen molar-refractivity contribution >= 4 is 5.88 Å². The maximum Gasteiger partial charge on any atom is 0.232 e. The monoisotopic (exact) mass is 475 g/mol. The second-order valence-electron chi connectivity index (χ2n) is 9.69. The number of benzene rings is 2. The second kappa shape index (κ2) is 12.2. The van der Waals surface area contributed by atoms with Gasteiger partial charge >= 0.3 is 0 Å². The fourth-order valence-corrected chi connectivity index (χ4v) is 4.77. The van der Waals surface area contributed by atoms with Crippen LogP contribution >= 0.6 is 0 Å². The zero-order valence-electron chi connectivity index (χ0n) is 20.9. The molecule has 4 rings (SSSR count). The summed E-state index contributed by atoms with van der Waals surface area (Å²) in [5, 5.41) is 15.2. The number of aromatic nitrogens is 1. The van der Waals surface area contributed by atoms with Crippen molar-refractivity contribution in [2.24, 2.45) is 5.92 Å². The van der Waals surface area contributed by atoms with E-state index in [1.54, 1.807) is 6.08 Å². The topological polar surface area (TPSA) is 62.0 Å². The van der Waals surface area contributed by atoms with Crippen molar-refractivity contribution in [1.82, 2.24) is 10.1 Å². The van der Waals surface area contributed by atoms with Gasteiger partial charge in [0.05, 0.1) is 24.9 Å². The van der Waals surface area contributed by atoms with Crippen LogP contribution < -0.4 is 4.90 Å². The number of rotatable bonds is 12. The van der Waals surface area contributed by atoms with E-state index >= 15 is 0 Å². The van der Waals surface area contributed by atoms with Crippen molar-refractivity contribution in [1.29, 1.82) is 0 Å². The molecule has 1 N–H and O–H groups in total. The Balaban J connectivity index is 1.62. The van der Waals surface area contributed by atoms with Crippen LogP contribution in [0.15, 0.2) is 71.8 Å². The highest BCUT2D eigenvalue weighted by molar-refractivity contribution is 5.68. The van der Waals surface area contributed by atoms with Gasteiger partial charge in [0.1, 0.15) is 5.69 Å². The summed E-state index contributed by atoms with van der Waals surface area (Å²) in [5.41, 5.74) is 5.70. The molecular weight excluding hydrogens is 438 g/mol. The Labute approximate surface area is 208 Å².